The highest BCUT2D eigenvalue weighted by molar-refractivity contribution is 5.98. The minimum Gasteiger partial charge on any atom is -0.461 e. The van der Waals surface area contributed by atoms with E-state index in [-0.39, 0.29) is 17.8 Å². The SMILES string of the molecule is Cc1cc2cc(NC(=N[C@H]3CCCCN(Cc4cccc(C(=O)N(C)C)c4)C3=O)NC#N)ccc2o1. The van der Waals surface area contributed by atoms with Gasteiger partial charge in [0.15, 0.2) is 6.19 Å². The third-order valence-electron chi connectivity index (χ3n) is 6.07. The van der Waals surface area contributed by atoms with Gasteiger partial charge in [-0.15, -0.1) is 0 Å². The zero-order chi connectivity index (χ0) is 25.7. The number of likely N-dealkylation sites (tertiary alicyclic amines) is 1. The second-order valence-corrected chi connectivity index (χ2v) is 9.12. The van der Waals surface area contributed by atoms with Gasteiger partial charge in [-0.25, -0.2) is 4.99 Å². The van der Waals surface area contributed by atoms with Gasteiger partial charge in [-0.3, -0.25) is 14.9 Å². The highest BCUT2D eigenvalue weighted by Crippen LogP contribution is 2.23. The van der Waals surface area contributed by atoms with E-state index in [1.807, 2.05) is 55.6 Å². The number of hydrogen-bond donors (Lipinski definition) is 2. The van der Waals surface area contributed by atoms with Crippen molar-refractivity contribution in [1.82, 2.24) is 15.1 Å². The first-order chi connectivity index (χ1) is 17.3. The topological polar surface area (TPSA) is 114 Å². The molecule has 9 nitrogen and oxygen atoms in total. The highest BCUT2D eigenvalue weighted by atomic mass is 16.3. The Labute approximate surface area is 210 Å². The minimum atomic E-state index is -0.623. The molecule has 36 heavy (non-hydrogen) atoms. The molecule has 1 aromatic heterocycles. The fraction of sp³-hybridized carbons (Fsp3) is 0.333. The Morgan fingerprint density at radius 1 is 1.22 bits per heavy atom. The molecule has 0 saturated carbocycles. The molecule has 1 aliphatic rings. The zero-order valence-corrected chi connectivity index (χ0v) is 20.7. The quantitative estimate of drug-likeness (QED) is 0.245. The number of aliphatic imine (C=N–C) groups is 1. The van der Waals surface area contributed by atoms with Crippen molar-refractivity contribution in [2.24, 2.45) is 4.99 Å². The van der Waals surface area contributed by atoms with Crippen LogP contribution < -0.4 is 10.6 Å². The predicted octanol–water partition coefficient (Wildman–Crippen LogP) is 3.86. The first kappa shape index (κ1) is 24.8. The van der Waals surface area contributed by atoms with Crippen molar-refractivity contribution < 1.29 is 14.0 Å². The van der Waals surface area contributed by atoms with E-state index in [1.54, 1.807) is 25.1 Å². The number of carbonyl (C=O) groups is 2. The average Bonchev–Trinajstić information content (AvgIpc) is 3.14. The van der Waals surface area contributed by atoms with Crippen molar-refractivity contribution in [3.05, 3.63) is 65.4 Å². The summed E-state index contributed by atoms with van der Waals surface area (Å²) in [5, 5.41) is 15.9. The molecule has 0 aliphatic carbocycles. The predicted molar refractivity (Wildman–Crippen MR) is 138 cm³/mol. The number of furan rings is 1. The van der Waals surface area contributed by atoms with Crippen LogP contribution in [0.5, 0.6) is 0 Å². The Balaban J connectivity index is 1.52. The number of nitrogens with one attached hydrogen (secondary N) is 2. The van der Waals surface area contributed by atoms with Gasteiger partial charge >= 0.3 is 0 Å². The third-order valence-corrected chi connectivity index (χ3v) is 6.07. The van der Waals surface area contributed by atoms with Crippen LogP contribution in [-0.2, 0) is 11.3 Å². The second kappa shape index (κ2) is 11.0. The normalized spacial score (nSPS) is 16.4. The lowest BCUT2D eigenvalue weighted by Gasteiger charge is -2.23. The molecule has 0 unspecified atom stereocenters. The van der Waals surface area contributed by atoms with Gasteiger partial charge in [-0.05, 0) is 68.1 Å². The standard InChI is InChI=1S/C27H30N6O3/c1-18-13-21-15-22(10-11-24(21)36-18)30-27(29-17-28)31-23-9-4-5-12-33(26(23)35)16-19-7-6-8-20(14-19)25(34)32(2)3/h6-8,10-11,13-15,23H,4-5,9,12,16H2,1-3H3,(H2,29,30,31)/t23-/m0/s1. The van der Waals surface area contributed by atoms with Crippen molar-refractivity contribution in [3.8, 4) is 6.19 Å². The van der Waals surface area contributed by atoms with E-state index in [0.717, 1.165) is 40.8 Å². The molecule has 2 N–H and O–H groups in total. The van der Waals surface area contributed by atoms with Crippen LogP contribution in [0.4, 0.5) is 5.69 Å². The lowest BCUT2D eigenvalue weighted by molar-refractivity contribution is -0.132. The monoisotopic (exact) mass is 486 g/mol. The molecule has 2 aromatic carbocycles. The lowest BCUT2D eigenvalue weighted by Crippen LogP contribution is -2.38. The van der Waals surface area contributed by atoms with E-state index < -0.39 is 6.04 Å². The summed E-state index contributed by atoms with van der Waals surface area (Å²) in [6, 6.07) is 14.3. The molecule has 0 bridgehead atoms. The van der Waals surface area contributed by atoms with E-state index in [2.05, 4.69) is 15.6 Å². The Morgan fingerprint density at radius 3 is 2.83 bits per heavy atom. The summed E-state index contributed by atoms with van der Waals surface area (Å²) in [6.45, 7) is 2.89. The Hall–Kier alpha value is -4.32. The van der Waals surface area contributed by atoms with E-state index in [9.17, 15) is 14.9 Å². The van der Waals surface area contributed by atoms with Crippen LogP contribution in [0.15, 0.2) is 57.9 Å². The number of anilines is 1. The first-order valence-corrected chi connectivity index (χ1v) is 11.9. The highest BCUT2D eigenvalue weighted by Gasteiger charge is 2.27. The van der Waals surface area contributed by atoms with Gasteiger partial charge in [0.2, 0.25) is 11.9 Å². The molecular weight excluding hydrogens is 456 g/mol. The van der Waals surface area contributed by atoms with Gasteiger partial charge in [-0.1, -0.05) is 12.1 Å². The molecule has 2 heterocycles. The Morgan fingerprint density at radius 2 is 2.06 bits per heavy atom. The maximum absolute atomic E-state index is 13.4. The molecule has 1 aliphatic heterocycles. The summed E-state index contributed by atoms with van der Waals surface area (Å²) in [5.74, 6) is 0.850. The van der Waals surface area contributed by atoms with Crippen molar-refractivity contribution in [2.45, 2.75) is 38.8 Å². The summed E-state index contributed by atoms with van der Waals surface area (Å²) in [5.41, 5.74) is 2.97. The molecule has 3 aromatic rings. The largest absolute Gasteiger partial charge is 0.461 e. The summed E-state index contributed by atoms with van der Waals surface area (Å²) in [4.78, 5) is 33.7. The maximum atomic E-state index is 13.4. The molecular formula is C27H30N6O3. The van der Waals surface area contributed by atoms with E-state index in [4.69, 9.17) is 4.42 Å². The number of benzene rings is 2. The van der Waals surface area contributed by atoms with Gasteiger partial charge in [-0.2, -0.15) is 5.26 Å². The summed E-state index contributed by atoms with van der Waals surface area (Å²) < 4.78 is 5.62. The van der Waals surface area contributed by atoms with Crippen molar-refractivity contribution in [1.29, 1.82) is 5.26 Å². The minimum absolute atomic E-state index is 0.0800. The van der Waals surface area contributed by atoms with Crippen molar-refractivity contribution in [3.63, 3.8) is 0 Å². The van der Waals surface area contributed by atoms with Crippen LogP contribution in [-0.4, -0.2) is 54.3 Å². The number of amides is 2. The van der Waals surface area contributed by atoms with Gasteiger partial charge in [0.05, 0.1) is 0 Å². The lowest BCUT2D eigenvalue weighted by atomic mass is 10.1. The maximum Gasteiger partial charge on any atom is 0.253 e. The number of carbonyl (C=O) groups excluding carboxylic acids is 2. The number of aryl methyl sites for hydroxylation is 1. The molecule has 4 rings (SSSR count). The Bertz CT molecular complexity index is 1340. The zero-order valence-electron chi connectivity index (χ0n) is 20.7. The van der Waals surface area contributed by atoms with E-state index >= 15 is 0 Å². The average molecular weight is 487 g/mol. The first-order valence-electron chi connectivity index (χ1n) is 11.9. The molecule has 1 saturated heterocycles. The van der Waals surface area contributed by atoms with Gasteiger partial charge in [0, 0.05) is 43.8 Å². The Kier molecular flexibility index (Phi) is 7.54. The number of nitriles is 1. The third kappa shape index (κ3) is 5.84. The van der Waals surface area contributed by atoms with Crippen LogP contribution in [0.3, 0.4) is 0 Å². The second-order valence-electron chi connectivity index (χ2n) is 9.12. The number of nitrogens with zero attached hydrogens (tertiary/aromatic N) is 4. The van der Waals surface area contributed by atoms with Gasteiger partial charge < -0.3 is 19.5 Å². The fourth-order valence-electron chi connectivity index (χ4n) is 4.34. The number of rotatable bonds is 5. The van der Waals surface area contributed by atoms with Crippen LogP contribution in [0, 0.1) is 18.4 Å². The van der Waals surface area contributed by atoms with Gasteiger partial charge in [0.1, 0.15) is 17.4 Å². The molecule has 186 valence electrons. The van der Waals surface area contributed by atoms with Crippen LogP contribution in [0.1, 0.15) is 40.9 Å². The number of guanidine groups is 1. The van der Waals surface area contributed by atoms with E-state index in [0.29, 0.717) is 25.1 Å². The van der Waals surface area contributed by atoms with Gasteiger partial charge in [0.25, 0.3) is 5.91 Å². The fourth-order valence-corrected chi connectivity index (χ4v) is 4.34. The summed E-state index contributed by atoms with van der Waals surface area (Å²) in [7, 11) is 3.43. The molecule has 1 atom stereocenters. The molecule has 2 amide bonds. The molecule has 1 fully saturated rings. The molecule has 0 radical (unpaired) electrons. The van der Waals surface area contributed by atoms with Crippen molar-refractivity contribution >= 4 is 34.4 Å². The summed E-state index contributed by atoms with van der Waals surface area (Å²) in [6.07, 6.45) is 4.20. The van der Waals surface area contributed by atoms with Crippen LogP contribution in [0.2, 0.25) is 0 Å². The summed E-state index contributed by atoms with van der Waals surface area (Å²) >= 11 is 0. The molecule has 9 heteroatoms. The number of hydrogen-bond acceptors (Lipinski definition) is 5. The van der Waals surface area contributed by atoms with Crippen molar-refractivity contribution in [2.75, 3.05) is 26.0 Å². The smallest absolute Gasteiger partial charge is 0.253 e. The molecule has 0 spiro atoms. The number of fused-ring (bicyclic) bond motifs is 1. The van der Waals surface area contributed by atoms with E-state index in [1.165, 1.54) is 4.90 Å². The van der Waals surface area contributed by atoms with Crippen LogP contribution >= 0.6 is 0 Å². The van der Waals surface area contributed by atoms with Crippen LogP contribution in [0.25, 0.3) is 11.0 Å².